The highest BCUT2D eigenvalue weighted by atomic mass is 28.4. The van der Waals surface area contributed by atoms with Crippen LogP contribution in [0.1, 0.15) is 38.9 Å². The number of allylic oxidation sites excluding steroid dienone is 1. The van der Waals surface area contributed by atoms with E-state index in [9.17, 15) is 0 Å². The molecule has 1 unspecified atom stereocenters. The van der Waals surface area contributed by atoms with Gasteiger partial charge in [-0.2, -0.15) is 0 Å². The highest BCUT2D eigenvalue weighted by Gasteiger charge is 2.39. The second-order valence-corrected chi connectivity index (χ2v) is 20.2. The third-order valence-corrected chi connectivity index (χ3v) is 14.4. The Kier molecular flexibility index (Phi) is 8.97. The summed E-state index contributed by atoms with van der Waals surface area (Å²) in [5, 5.41) is 1.65. The van der Waals surface area contributed by atoms with Crippen LogP contribution >= 0.6 is 0 Å². The molecule has 0 N–H and O–H groups in total. The Balaban J connectivity index is 2.24. The normalized spacial score (nSPS) is 13.9. The van der Waals surface area contributed by atoms with Crippen LogP contribution in [0.25, 0.3) is 0 Å². The maximum Gasteiger partial charge on any atom is 0.192 e. The van der Waals surface area contributed by atoms with Crippen LogP contribution in [-0.4, -0.2) is 30.6 Å². The van der Waals surface area contributed by atoms with E-state index in [1.807, 2.05) is 6.07 Å². The molecule has 2 rings (SSSR count). The lowest BCUT2D eigenvalue weighted by Crippen LogP contribution is -2.41. The van der Waals surface area contributed by atoms with Crippen molar-refractivity contribution >= 4 is 21.6 Å². The first-order valence-corrected chi connectivity index (χ1v) is 17.6. The summed E-state index contributed by atoms with van der Waals surface area (Å²) in [6.45, 7) is 16.4. The number of ether oxygens (including phenoxy) is 2. The third kappa shape index (κ3) is 6.83. The minimum absolute atomic E-state index is 0.00606. The molecule has 0 aliphatic heterocycles. The maximum atomic E-state index is 6.88. The molecule has 0 spiro atoms. The molecule has 0 aromatic heterocycles. The standard InChI is InChI=1S/C27H42O3Si2/c1-27(2,3)32(8,9)30-24(22-18-19-25(28-4)26(21-22)29-5)17-13-14-20-31(6,7)23-15-11-10-12-16-23/h10-16,18-19,21,24H,17,20H2,1-9H3/b14-13+. The Hall–Kier alpha value is -1.83. The Morgan fingerprint density at radius 3 is 2.03 bits per heavy atom. The molecule has 0 aliphatic rings. The van der Waals surface area contributed by atoms with E-state index >= 15 is 0 Å². The van der Waals surface area contributed by atoms with Gasteiger partial charge in [-0.15, -0.1) is 0 Å². The summed E-state index contributed by atoms with van der Waals surface area (Å²) in [7, 11) is -0.0861. The number of methoxy groups -OCH3 is 2. The van der Waals surface area contributed by atoms with E-state index in [-0.39, 0.29) is 11.1 Å². The summed E-state index contributed by atoms with van der Waals surface area (Å²) in [5.41, 5.74) is 1.14. The topological polar surface area (TPSA) is 27.7 Å². The van der Waals surface area contributed by atoms with Crippen molar-refractivity contribution in [3.05, 3.63) is 66.2 Å². The molecule has 0 aliphatic carbocycles. The second-order valence-electron chi connectivity index (χ2n) is 10.6. The van der Waals surface area contributed by atoms with E-state index in [4.69, 9.17) is 13.9 Å². The average Bonchev–Trinajstić information content (AvgIpc) is 2.75. The summed E-state index contributed by atoms with van der Waals surface area (Å²) in [5.74, 6) is 1.49. The Morgan fingerprint density at radius 1 is 0.844 bits per heavy atom. The molecule has 0 saturated heterocycles. The summed E-state index contributed by atoms with van der Waals surface area (Å²) in [4.78, 5) is 0. The van der Waals surface area contributed by atoms with Gasteiger partial charge < -0.3 is 13.9 Å². The minimum Gasteiger partial charge on any atom is -0.493 e. The van der Waals surface area contributed by atoms with Gasteiger partial charge in [0.05, 0.1) is 28.4 Å². The molecule has 0 saturated carbocycles. The molecule has 2 aromatic carbocycles. The lowest BCUT2D eigenvalue weighted by molar-refractivity contribution is 0.186. The van der Waals surface area contributed by atoms with Crippen molar-refractivity contribution in [2.75, 3.05) is 14.2 Å². The van der Waals surface area contributed by atoms with Gasteiger partial charge in [0.15, 0.2) is 19.8 Å². The fourth-order valence-electron chi connectivity index (χ4n) is 3.44. The molecular weight excluding hydrogens is 428 g/mol. The first-order valence-electron chi connectivity index (χ1n) is 11.5. The number of benzene rings is 2. The Morgan fingerprint density at radius 2 is 1.47 bits per heavy atom. The van der Waals surface area contributed by atoms with Gasteiger partial charge in [0.25, 0.3) is 0 Å². The van der Waals surface area contributed by atoms with E-state index in [0.717, 1.165) is 29.5 Å². The first kappa shape index (κ1) is 26.4. The van der Waals surface area contributed by atoms with E-state index in [1.54, 1.807) is 14.2 Å². The largest absolute Gasteiger partial charge is 0.493 e. The van der Waals surface area contributed by atoms with E-state index in [0.29, 0.717) is 0 Å². The zero-order chi connectivity index (χ0) is 24.0. The van der Waals surface area contributed by atoms with Gasteiger partial charge in [0.1, 0.15) is 0 Å². The van der Waals surface area contributed by atoms with Crippen LogP contribution in [0, 0.1) is 0 Å². The summed E-state index contributed by atoms with van der Waals surface area (Å²) in [6, 6.07) is 18.2. The van der Waals surface area contributed by atoms with Crippen molar-refractivity contribution in [1.82, 2.24) is 0 Å². The highest BCUT2D eigenvalue weighted by molar-refractivity contribution is 6.90. The summed E-state index contributed by atoms with van der Waals surface area (Å²) >= 11 is 0. The van der Waals surface area contributed by atoms with Crippen LogP contribution in [0.5, 0.6) is 11.5 Å². The number of hydrogen-bond donors (Lipinski definition) is 0. The SMILES string of the molecule is COc1ccc(C(C/C=C/C[Si](C)(C)c2ccccc2)O[Si](C)(C)C(C)(C)C)cc1OC. The van der Waals surface area contributed by atoms with Crippen molar-refractivity contribution in [2.45, 2.75) is 70.6 Å². The molecule has 32 heavy (non-hydrogen) atoms. The predicted octanol–water partition coefficient (Wildman–Crippen LogP) is 7.33. The van der Waals surface area contributed by atoms with E-state index < -0.39 is 16.4 Å². The monoisotopic (exact) mass is 470 g/mol. The van der Waals surface area contributed by atoms with Crippen molar-refractivity contribution in [3.63, 3.8) is 0 Å². The zero-order valence-corrected chi connectivity index (χ0v) is 23.5. The average molecular weight is 471 g/mol. The zero-order valence-electron chi connectivity index (χ0n) is 21.5. The van der Waals surface area contributed by atoms with Gasteiger partial charge in [-0.1, -0.05) is 87.6 Å². The molecule has 0 radical (unpaired) electrons. The fraction of sp³-hybridized carbons (Fsp3) is 0.481. The van der Waals surface area contributed by atoms with Crippen molar-refractivity contribution in [3.8, 4) is 11.5 Å². The molecule has 0 fully saturated rings. The predicted molar refractivity (Wildman–Crippen MR) is 143 cm³/mol. The van der Waals surface area contributed by atoms with Crippen LogP contribution in [0.15, 0.2) is 60.7 Å². The summed E-state index contributed by atoms with van der Waals surface area (Å²) in [6.07, 6.45) is 5.52. The van der Waals surface area contributed by atoms with Gasteiger partial charge in [-0.05, 0) is 48.3 Å². The Bertz CT molecular complexity index is 884. The van der Waals surface area contributed by atoms with Crippen LogP contribution in [-0.2, 0) is 4.43 Å². The first-order chi connectivity index (χ1) is 14.9. The van der Waals surface area contributed by atoms with Gasteiger partial charge in [-0.25, -0.2) is 0 Å². The van der Waals surface area contributed by atoms with Gasteiger partial charge in [0.2, 0.25) is 0 Å². The molecule has 0 heterocycles. The highest BCUT2D eigenvalue weighted by Crippen LogP contribution is 2.41. The van der Waals surface area contributed by atoms with Gasteiger partial charge >= 0.3 is 0 Å². The van der Waals surface area contributed by atoms with Crippen LogP contribution < -0.4 is 14.7 Å². The fourth-order valence-corrected chi connectivity index (χ4v) is 6.83. The molecule has 5 heteroatoms. The lowest BCUT2D eigenvalue weighted by atomic mass is 10.1. The smallest absolute Gasteiger partial charge is 0.192 e. The van der Waals surface area contributed by atoms with Crippen LogP contribution in [0.4, 0.5) is 0 Å². The third-order valence-electron chi connectivity index (χ3n) is 6.72. The number of hydrogen-bond acceptors (Lipinski definition) is 3. The van der Waals surface area contributed by atoms with Crippen molar-refractivity contribution < 1.29 is 13.9 Å². The van der Waals surface area contributed by atoms with E-state index in [1.165, 1.54) is 5.19 Å². The van der Waals surface area contributed by atoms with Crippen LogP contribution in [0.3, 0.4) is 0 Å². The maximum absolute atomic E-state index is 6.88. The molecule has 176 valence electrons. The molecule has 2 aromatic rings. The molecular formula is C27H42O3Si2. The lowest BCUT2D eigenvalue weighted by Gasteiger charge is -2.39. The molecule has 0 bridgehead atoms. The molecule has 3 nitrogen and oxygen atoms in total. The van der Waals surface area contributed by atoms with Crippen molar-refractivity contribution in [1.29, 1.82) is 0 Å². The second kappa shape index (κ2) is 10.9. The van der Waals surface area contributed by atoms with E-state index in [2.05, 4.69) is 102 Å². The molecule has 1 atom stereocenters. The van der Waals surface area contributed by atoms with Crippen molar-refractivity contribution in [2.24, 2.45) is 0 Å². The minimum atomic E-state index is -1.95. The molecule has 0 amide bonds. The van der Waals surface area contributed by atoms with Gasteiger partial charge in [0, 0.05) is 0 Å². The van der Waals surface area contributed by atoms with Crippen LogP contribution in [0.2, 0.25) is 37.3 Å². The van der Waals surface area contributed by atoms with Gasteiger partial charge in [-0.3, -0.25) is 0 Å². The quantitative estimate of drug-likeness (QED) is 0.269. The number of rotatable bonds is 10. The summed E-state index contributed by atoms with van der Waals surface area (Å²) < 4.78 is 17.9. The Labute approximate surface area is 197 Å².